The van der Waals surface area contributed by atoms with Crippen LogP contribution >= 0.6 is 11.6 Å². The molecule has 1 aromatic carbocycles. The fourth-order valence-electron chi connectivity index (χ4n) is 2.66. The minimum Gasteiger partial charge on any atom is -0.439 e. The van der Waals surface area contributed by atoms with E-state index in [4.69, 9.17) is 16.3 Å². The third kappa shape index (κ3) is 2.80. The van der Waals surface area contributed by atoms with Crippen LogP contribution in [0.3, 0.4) is 0 Å². The third-order valence-electron chi connectivity index (χ3n) is 3.86. The lowest BCUT2D eigenvalue weighted by Crippen LogP contribution is -2.02. The van der Waals surface area contributed by atoms with Crippen LogP contribution in [0.2, 0.25) is 0 Å². The SMILES string of the molecule is Cc1nc(Oc2ccc3c(c2)CCCC3)ccc1CCl. The van der Waals surface area contributed by atoms with Gasteiger partial charge in [-0.3, -0.25) is 0 Å². The lowest BCUT2D eigenvalue weighted by atomic mass is 9.92. The maximum absolute atomic E-state index is 5.87. The molecule has 0 aliphatic heterocycles. The molecule has 1 aliphatic rings. The number of hydrogen-bond donors (Lipinski definition) is 0. The van der Waals surface area contributed by atoms with E-state index in [1.807, 2.05) is 25.1 Å². The lowest BCUT2D eigenvalue weighted by Gasteiger charge is -2.16. The molecule has 1 aliphatic carbocycles. The molecule has 1 aromatic heterocycles. The molecule has 20 heavy (non-hydrogen) atoms. The smallest absolute Gasteiger partial charge is 0.219 e. The second-order valence-corrected chi connectivity index (χ2v) is 5.53. The van der Waals surface area contributed by atoms with Gasteiger partial charge in [0.1, 0.15) is 5.75 Å². The van der Waals surface area contributed by atoms with Crippen molar-refractivity contribution in [2.75, 3.05) is 0 Å². The second kappa shape index (κ2) is 5.84. The first-order chi connectivity index (χ1) is 9.76. The minimum absolute atomic E-state index is 0.484. The normalized spacial score (nSPS) is 13.9. The first-order valence-electron chi connectivity index (χ1n) is 7.08. The van der Waals surface area contributed by atoms with Crippen LogP contribution in [0.15, 0.2) is 30.3 Å². The highest BCUT2D eigenvalue weighted by molar-refractivity contribution is 6.17. The summed E-state index contributed by atoms with van der Waals surface area (Å²) in [4.78, 5) is 4.44. The molecule has 104 valence electrons. The monoisotopic (exact) mass is 287 g/mol. The molecule has 0 N–H and O–H groups in total. The van der Waals surface area contributed by atoms with Gasteiger partial charge in [0.15, 0.2) is 0 Å². The van der Waals surface area contributed by atoms with Gasteiger partial charge in [-0.05, 0) is 61.4 Å². The van der Waals surface area contributed by atoms with Crippen molar-refractivity contribution in [3.8, 4) is 11.6 Å². The van der Waals surface area contributed by atoms with E-state index in [0.29, 0.717) is 11.8 Å². The Balaban J connectivity index is 1.82. The fraction of sp³-hybridized carbons (Fsp3) is 0.353. The topological polar surface area (TPSA) is 22.1 Å². The quantitative estimate of drug-likeness (QED) is 0.757. The van der Waals surface area contributed by atoms with Gasteiger partial charge < -0.3 is 4.74 Å². The Kier molecular flexibility index (Phi) is 3.93. The first kappa shape index (κ1) is 13.4. The third-order valence-corrected chi connectivity index (χ3v) is 4.14. The Hall–Kier alpha value is -1.54. The van der Waals surface area contributed by atoms with Crippen LogP contribution in [0, 0.1) is 6.92 Å². The van der Waals surface area contributed by atoms with E-state index in [1.54, 1.807) is 0 Å². The Bertz CT molecular complexity index is 624. The molecule has 1 heterocycles. The second-order valence-electron chi connectivity index (χ2n) is 5.27. The summed E-state index contributed by atoms with van der Waals surface area (Å²) < 4.78 is 5.87. The van der Waals surface area contributed by atoms with E-state index in [-0.39, 0.29) is 0 Å². The molecule has 3 heteroatoms. The molecule has 3 rings (SSSR count). The number of rotatable bonds is 3. The summed E-state index contributed by atoms with van der Waals surface area (Å²) >= 11 is 5.84. The largest absolute Gasteiger partial charge is 0.439 e. The van der Waals surface area contributed by atoms with Gasteiger partial charge in [0.25, 0.3) is 0 Å². The van der Waals surface area contributed by atoms with Crippen LogP contribution in [0.5, 0.6) is 11.6 Å². The van der Waals surface area contributed by atoms with Gasteiger partial charge in [0, 0.05) is 17.6 Å². The number of nitrogens with zero attached hydrogens (tertiary/aromatic N) is 1. The maximum atomic E-state index is 5.87. The fourth-order valence-corrected chi connectivity index (χ4v) is 2.94. The van der Waals surface area contributed by atoms with Crippen LogP contribution in [0.25, 0.3) is 0 Å². The van der Waals surface area contributed by atoms with Crippen molar-refractivity contribution in [3.63, 3.8) is 0 Å². The maximum Gasteiger partial charge on any atom is 0.219 e. The van der Waals surface area contributed by atoms with Crippen molar-refractivity contribution in [2.24, 2.45) is 0 Å². The van der Waals surface area contributed by atoms with E-state index >= 15 is 0 Å². The summed E-state index contributed by atoms with van der Waals surface area (Å²) in [5.74, 6) is 1.99. The van der Waals surface area contributed by atoms with Gasteiger partial charge >= 0.3 is 0 Å². The Morgan fingerprint density at radius 2 is 1.90 bits per heavy atom. The highest BCUT2D eigenvalue weighted by Crippen LogP contribution is 2.28. The molecule has 0 saturated heterocycles. The molecule has 0 unspecified atom stereocenters. The number of aryl methyl sites for hydroxylation is 3. The van der Waals surface area contributed by atoms with Crippen LogP contribution in [0.1, 0.15) is 35.2 Å². The molecule has 0 atom stereocenters. The van der Waals surface area contributed by atoms with Crippen molar-refractivity contribution < 1.29 is 4.74 Å². The summed E-state index contributed by atoms with van der Waals surface area (Å²) in [6.07, 6.45) is 4.92. The van der Waals surface area contributed by atoms with Crippen molar-refractivity contribution >= 4 is 11.6 Å². The van der Waals surface area contributed by atoms with E-state index in [1.165, 1.54) is 30.4 Å². The molecular weight excluding hydrogens is 270 g/mol. The molecule has 0 spiro atoms. The zero-order valence-corrected chi connectivity index (χ0v) is 12.4. The van der Waals surface area contributed by atoms with Crippen molar-refractivity contribution in [3.05, 3.63) is 52.7 Å². The Morgan fingerprint density at radius 3 is 2.65 bits per heavy atom. The molecule has 0 bridgehead atoms. The van der Waals surface area contributed by atoms with E-state index in [2.05, 4.69) is 17.1 Å². The molecule has 0 radical (unpaired) electrons. The Labute approximate surface area is 124 Å². The lowest BCUT2D eigenvalue weighted by molar-refractivity contribution is 0.459. The summed E-state index contributed by atoms with van der Waals surface area (Å²) in [5, 5.41) is 0. The van der Waals surface area contributed by atoms with Crippen LogP contribution in [-0.4, -0.2) is 4.98 Å². The van der Waals surface area contributed by atoms with Gasteiger partial charge in [-0.1, -0.05) is 12.1 Å². The average molecular weight is 288 g/mol. The van der Waals surface area contributed by atoms with E-state index in [9.17, 15) is 0 Å². The number of fused-ring (bicyclic) bond motifs is 1. The number of hydrogen-bond acceptors (Lipinski definition) is 2. The van der Waals surface area contributed by atoms with E-state index < -0.39 is 0 Å². The van der Waals surface area contributed by atoms with Gasteiger partial charge in [-0.15, -0.1) is 11.6 Å². The standard InChI is InChI=1S/C17H18ClNO/c1-12-15(11-18)7-9-17(19-12)20-16-8-6-13-4-2-3-5-14(13)10-16/h6-10H,2-5,11H2,1H3. The molecule has 0 amide bonds. The van der Waals surface area contributed by atoms with Crippen molar-refractivity contribution in [1.29, 1.82) is 0 Å². The number of halogens is 1. The highest BCUT2D eigenvalue weighted by atomic mass is 35.5. The summed E-state index contributed by atoms with van der Waals surface area (Å²) in [7, 11) is 0. The molecule has 0 fully saturated rings. The summed E-state index contributed by atoms with van der Waals surface area (Å²) in [6.45, 7) is 1.96. The number of ether oxygens (including phenoxy) is 1. The summed E-state index contributed by atoms with van der Waals surface area (Å²) in [5.41, 5.74) is 4.85. The van der Waals surface area contributed by atoms with Crippen LogP contribution in [-0.2, 0) is 18.7 Å². The highest BCUT2D eigenvalue weighted by Gasteiger charge is 2.10. The van der Waals surface area contributed by atoms with E-state index in [0.717, 1.165) is 23.4 Å². The number of aromatic nitrogens is 1. The molecule has 0 saturated carbocycles. The predicted octanol–water partition coefficient (Wildman–Crippen LogP) is 4.80. The number of pyridine rings is 1. The van der Waals surface area contributed by atoms with Gasteiger partial charge in [-0.25, -0.2) is 4.98 Å². The molecular formula is C17H18ClNO. The minimum atomic E-state index is 0.484. The Morgan fingerprint density at radius 1 is 1.10 bits per heavy atom. The van der Waals surface area contributed by atoms with Gasteiger partial charge in [0.2, 0.25) is 5.88 Å². The van der Waals surface area contributed by atoms with Crippen LogP contribution in [0.4, 0.5) is 0 Å². The predicted molar refractivity (Wildman–Crippen MR) is 81.7 cm³/mol. The van der Waals surface area contributed by atoms with Crippen molar-refractivity contribution in [1.82, 2.24) is 4.98 Å². The van der Waals surface area contributed by atoms with Gasteiger partial charge in [0.05, 0.1) is 0 Å². The van der Waals surface area contributed by atoms with Crippen LogP contribution < -0.4 is 4.74 Å². The number of alkyl halides is 1. The zero-order chi connectivity index (χ0) is 13.9. The van der Waals surface area contributed by atoms with Crippen molar-refractivity contribution in [2.45, 2.75) is 38.5 Å². The molecule has 2 nitrogen and oxygen atoms in total. The first-order valence-corrected chi connectivity index (χ1v) is 7.62. The summed E-state index contributed by atoms with van der Waals surface area (Å²) in [6, 6.07) is 10.2. The number of benzene rings is 1. The average Bonchev–Trinajstić information content (AvgIpc) is 2.47. The zero-order valence-electron chi connectivity index (χ0n) is 11.7. The molecule has 2 aromatic rings. The van der Waals surface area contributed by atoms with Gasteiger partial charge in [-0.2, -0.15) is 0 Å².